The highest BCUT2D eigenvalue weighted by Gasteiger charge is 2.19. The molecule has 1 aromatic carbocycles. The van der Waals surface area contributed by atoms with Crippen LogP contribution in [0.3, 0.4) is 0 Å². The molecule has 2 heterocycles. The number of imidazole rings is 1. The molecule has 1 N–H and O–H groups in total. The number of allylic oxidation sites excluding steroid dienone is 6. The summed E-state index contributed by atoms with van der Waals surface area (Å²) in [7, 11) is 0. The molecule has 31 heavy (non-hydrogen) atoms. The Morgan fingerprint density at radius 3 is 2.58 bits per heavy atom. The predicted molar refractivity (Wildman–Crippen MR) is 124 cm³/mol. The summed E-state index contributed by atoms with van der Waals surface area (Å²) in [5.41, 5.74) is 6.66. The van der Waals surface area contributed by atoms with Crippen molar-refractivity contribution < 1.29 is 9.90 Å². The van der Waals surface area contributed by atoms with Crippen molar-refractivity contribution in [3.05, 3.63) is 88.8 Å². The van der Waals surface area contributed by atoms with Crippen molar-refractivity contribution in [2.45, 2.75) is 34.1 Å². The Labute approximate surface area is 182 Å². The van der Waals surface area contributed by atoms with Crippen LogP contribution in [0.4, 0.5) is 0 Å². The summed E-state index contributed by atoms with van der Waals surface area (Å²) < 4.78 is 1.63. The summed E-state index contributed by atoms with van der Waals surface area (Å²) >= 11 is 0. The Bertz CT molecular complexity index is 1280. The van der Waals surface area contributed by atoms with Crippen molar-refractivity contribution in [3.63, 3.8) is 0 Å². The number of aromatic nitrogens is 2. The lowest BCUT2D eigenvalue weighted by Gasteiger charge is -2.13. The second-order valence-electron chi connectivity index (χ2n) is 7.53. The number of nitrogens with zero attached hydrogens (tertiary/aromatic N) is 3. The fourth-order valence-electron chi connectivity index (χ4n) is 3.50. The molecule has 0 saturated heterocycles. The smallest absolute Gasteiger partial charge is 0.335 e. The van der Waals surface area contributed by atoms with Gasteiger partial charge in [0.25, 0.3) is 0 Å². The summed E-state index contributed by atoms with van der Waals surface area (Å²) in [4.78, 5) is 16.0. The van der Waals surface area contributed by atoms with Gasteiger partial charge in [-0.3, -0.25) is 4.40 Å². The highest BCUT2D eigenvalue weighted by Crippen LogP contribution is 2.34. The number of carboxylic acids is 1. The molecule has 0 aliphatic heterocycles. The normalized spacial score (nSPS) is 12.0. The molecule has 3 rings (SSSR count). The average Bonchev–Trinajstić information content (AvgIpc) is 3.11. The second kappa shape index (κ2) is 9.27. The predicted octanol–water partition coefficient (Wildman–Crippen LogP) is 6.28. The van der Waals surface area contributed by atoms with Crippen molar-refractivity contribution in [2.24, 2.45) is 0 Å². The number of carboxylic acid groups (broad SMARTS) is 1. The van der Waals surface area contributed by atoms with E-state index < -0.39 is 5.97 Å². The van der Waals surface area contributed by atoms with Crippen LogP contribution < -0.4 is 0 Å². The minimum absolute atomic E-state index is 0.132. The lowest BCUT2D eigenvalue weighted by molar-refractivity contribution is 0.0697. The Morgan fingerprint density at radius 1 is 1.19 bits per heavy atom. The summed E-state index contributed by atoms with van der Waals surface area (Å²) in [5.74, 6) is -1.03. The van der Waals surface area contributed by atoms with Crippen molar-refractivity contribution in [1.82, 2.24) is 9.38 Å². The molecule has 5 heteroatoms. The van der Waals surface area contributed by atoms with Crippen LogP contribution in [-0.2, 0) is 0 Å². The molecular weight excluding hydrogens is 386 g/mol. The fraction of sp³-hybridized carbons (Fsp3) is 0.192. The van der Waals surface area contributed by atoms with Gasteiger partial charge in [0.2, 0.25) is 0 Å². The van der Waals surface area contributed by atoms with Crippen LogP contribution in [-0.4, -0.2) is 20.5 Å². The van der Waals surface area contributed by atoms with Crippen molar-refractivity contribution in [3.8, 4) is 17.3 Å². The fourth-order valence-corrected chi connectivity index (χ4v) is 3.50. The maximum atomic E-state index is 11.4. The first-order chi connectivity index (χ1) is 14.9. The zero-order valence-electron chi connectivity index (χ0n) is 18.2. The number of aromatic carboxylic acids is 1. The summed E-state index contributed by atoms with van der Waals surface area (Å²) in [6, 6.07) is 13.1. The van der Waals surface area contributed by atoms with Gasteiger partial charge in [0, 0.05) is 11.8 Å². The molecule has 5 nitrogen and oxygen atoms in total. The molecule has 0 aliphatic rings. The van der Waals surface area contributed by atoms with Gasteiger partial charge in [-0.2, -0.15) is 5.26 Å². The van der Waals surface area contributed by atoms with Crippen LogP contribution >= 0.6 is 0 Å². The monoisotopic (exact) mass is 411 g/mol. The van der Waals surface area contributed by atoms with E-state index in [4.69, 9.17) is 0 Å². The number of rotatable bonds is 6. The van der Waals surface area contributed by atoms with E-state index in [1.165, 1.54) is 17.7 Å². The van der Waals surface area contributed by atoms with E-state index in [0.717, 1.165) is 28.7 Å². The molecule has 0 aliphatic carbocycles. The highest BCUT2D eigenvalue weighted by atomic mass is 16.4. The van der Waals surface area contributed by atoms with E-state index in [1.54, 1.807) is 10.6 Å². The van der Waals surface area contributed by atoms with Gasteiger partial charge in [-0.05, 0) is 56.0 Å². The third kappa shape index (κ3) is 4.49. The van der Waals surface area contributed by atoms with Gasteiger partial charge in [-0.1, -0.05) is 55.0 Å². The summed E-state index contributed by atoms with van der Waals surface area (Å²) in [6.45, 7) is 8.28. The first-order valence-electron chi connectivity index (χ1n) is 10.1. The number of fused-ring (bicyclic) bond motifs is 1. The Morgan fingerprint density at radius 2 is 1.94 bits per heavy atom. The number of hydrogen-bond donors (Lipinski definition) is 1. The zero-order valence-corrected chi connectivity index (χ0v) is 18.2. The van der Waals surface area contributed by atoms with Crippen LogP contribution in [0.25, 0.3) is 22.5 Å². The molecular formula is C26H25N3O2. The topological polar surface area (TPSA) is 78.4 Å². The quantitative estimate of drug-likeness (QED) is 0.484. The van der Waals surface area contributed by atoms with Gasteiger partial charge < -0.3 is 5.11 Å². The average molecular weight is 412 g/mol. The maximum absolute atomic E-state index is 11.4. The number of carbonyl (C=O) groups is 1. The first kappa shape index (κ1) is 21.8. The van der Waals surface area contributed by atoms with Gasteiger partial charge in [-0.25, -0.2) is 9.78 Å². The third-order valence-electron chi connectivity index (χ3n) is 4.97. The molecule has 0 spiro atoms. The van der Waals surface area contributed by atoms with E-state index in [9.17, 15) is 15.2 Å². The minimum atomic E-state index is -1.03. The molecule has 2 aromatic heterocycles. The zero-order chi connectivity index (χ0) is 22.5. The minimum Gasteiger partial charge on any atom is -0.478 e. The number of nitriles is 1. The second-order valence-corrected chi connectivity index (χ2v) is 7.53. The van der Waals surface area contributed by atoms with Gasteiger partial charge in [0.15, 0.2) is 5.69 Å². The summed E-state index contributed by atoms with van der Waals surface area (Å²) in [5, 5.41) is 19.2. The highest BCUT2D eigenvalue weighted by molar-refractivity contribution is 5.91. The SMILES string of the molecule is CC/C=C(C)\C(=C/C=C(C)C)c1ccccc1-c1nc2cc(C(=O)O)ccn2c1C#N. The Balaban J connectivity index is 2.31. The van der Waals surface area contributed by atoms with E-state index in [1.807, 2.05) is 24.3 Å². The Hall–Kier alpha value is -3.91. The molecule has 156 valence electrons. The molecule has 0 atom stereocenters. The lowest BCUT2D eigenvalue weighted by atomic mass is 9.91. The molecule has 0 radical (unpaired) electrons. The largest absolute Gasteiger partial charge is 0.478 e. The molecule has 0 saturated carbocycles. The number of pyridine rings is 1. The number of hydrogen-bond acceptors (Lipinski definition) is 3. The van der Waals surface area contributed by atoms with E-state index in [-0.39, 0.29) is 5.56 Å². The van der Waals surface area contributed by atoms with Crippen LogP contribution in [0.1, 0.15) is 55.7 Å². The van der Waals surface area contributed by atoms with Crippen molar-refractivity contribution >= 4 is 17.2 Å². The maximum Gasteiger partial charge on any atom is 0.335 e. The molecule has 0 bridgehead atoms. The van der Waals surface area contributed by atoms with E-state index in [2.05, 4.69) is 57.0 Å². The Kier molecular flexibility index (Phi) is 6.52. The lowest BCUT2D eigenvalue weighted by Crippen LogP contribution is -1.98. The molecule has 0 fully saturated rings. The summed E-state index contributed by atoms with van der Waals surface area (Å²) in [6.07, 6.45) is 8.84. The van der Waals surface area contributed by atoms with Crippen LogP contribution in [0.15, 0.2) is 72.0 Å². The van der Waals surface area contributed by atoms with Crippen molar-refractivity contribution in [2.75, 3.05) is 0 Å². The standard InChI is InChI=1S/C26H25N3O2/c1-5-8-18(4)20(12-11-17(2)3)21-9-6-7-10-22(21)25-23(16-27)29-14-13-19(26(30)31)15-24(29)28-25/h6-15H,5H2,1-4H3,(H,30,31)/b18-8-,20-12+. The van der Waals surface area contributed by atoms with Crippen LogP contribution in [0.2, 0.25) is 0 Å². The van der Waals surface area contributed by atoms with Gasteiger partial charge in [0.1, 0.15) is 17.4 Å². The molecule has 0 amide bonds. The molecule has 0 unspecified atom stereocenters. The van der Waals surface area contributed by atoms with Gasteiger partial charge >= 0.3 is 5.97 Å². The first-order valence-corrected chi connectivity index (χ1v) is 10.1. The third-order valence-corrected chi connectivity index (χ3v) is 4.97. The van der Waals surface area contributed by atoms with Crippen LogP contribution in [0, 0.1) is 11.3 Å². The number of benzene rings is 1. The molecule has 3 aromatic rings. The van der Waals surface area contributed by atoms with Crippen LogP contribution in [0.5, 0.6) is 0 Å². The van der Waals surface area contributed by atoms with Gasteiger partial charge in [0.05, 0.1) is 5.56 Å². The van der Waals surface area contributed by atoms with E-state index in [0.29, 0.717) is 17.0 Å². The van der Waals surface area contributed by atoms with Gasteiger partial charge in [-0.15, -0.1) is 0 Å². The van der Waals surface area contributed by atoms with Crippen molar-refractivity contribution in [1.29, 1.82) is 5.26 Å². The van der Waals surface area contributed by atoms with E-state index >= 15 is 0 Å².